The van der Waals surface area contributed by atoms with Crippen molar-refractivity contribution in [1.82, 2.24) is 0 Å². The number of rotatable bonds is 1. The molecule has 0 radical (unpaired) electrons. The van der Waals surface area contributed by atoms with Crippen LogP contribution in [0.15, 0.2) is 0 Å². The highest BCUT2D eigenvalue weighted by molar-refractivity contribution is 5.14. The Labute approximate surface area is 105 Å². The first-order valence-corrected chi connectivity index (χ1v) is 7.13. The van der Waals surface area contributed by atoms with Crippen LogP contribution < -0.4 is 0 Å². The van der Waals surface area contributed by atoms with Crippen molar-refractivity contribution in [2.45, 2.75) is 58.2 Å². The molecule has 0 aliphatic heterocycles. The summed E-state index contributed by atoms with van der Waals surface area (Å²) < 4.78 is 5.76. The van der Waals surface area contributed by atoms with E-state index in [1.165, 1.54) is 25.7 Å². The molecule has 4 aliphatic rings. The van der Waals surface area contributed by atoms with Gasteiger partial charge in [-0.05, 0) is 48.9 Å². The Morgan fingerprint density at radius 1 is 1.12 bits per heavy atom. The van der Waals surface area contributed by atoms with Crippen molar-refractivity contribution < 1.29 is 9.84 Å². The summed E-state index contributed by atoms with van der Waals surface area (Å²) >= 11 is 0. The zero-order valence-corrected chi connectivity index (χ0v) is 11.6. The summed E-state index contributed by atoms with van der Waals surface area (Å²) in [6, 6.07) is 0. The number of hydrogen-bond donors (Lipinski definition) is 1. The summed E-state index contributed by atoms with van der Waals surface area (Å²) in [7, 11) is 1.83. The number of ether oxygens (including phenoxy) is 1. The molecule has 0 aromatic rings. The van der Waals surface area contributed by atoms with E-state index in [9.17, 15) is 5.11 Å². The summed E-state index contributed by atoms with van der Waals surface area (Å²) in [5.74, 6) is 2.45. The predicted octanol–water partition coefficient (Wildman–Crippen LogP) is 2.84. The first-order chi connectivity index (χ1) is 7.88. The zero-order valence-electron chi connectivity index (χ0n) is 11.6. The van der Waals surface area contributed by atoms with Crippen LogP contribution >= 0.6 is 0 Å². The molecule has 0 unspecified atom stereocenters. The van der Waals surface area contributed by atoms with Crippen LogP contribution in [0.3, 0.4) is 0 Å². The van der Waals surface area contributed by atoms with Gasteiger partial charge in [-0.3, -0.25) is 0 Å². The van der Waals surface area contributed by atoms with Crippen molar-refractivity contribution in [3.8, 4) is 0 Å². The van der Waals surface area contributed by atoms with Crippen LogP contribution in [0.5, 0.6) is 0 Å². The van der Waals surface area contributed by atoms with Gasteiger partial charge in [0.05, 0.1) is 11.7 Å². The fraction of sp³-hybridized carbons (Fsp3) is 1.00. The minimum absolute atomic E-state index is 0.0353. The second-order valence-electron chi connectivity index (χ2n) is 7.65. The van der Waals surface area contributed by atoms with Gasteiger partial charge in [0.1, 0.15) is 0 Å². The lowest BCUT2D eigenvalue weighted by atomic mass is 9.44. The molecule has 0 aromatic carbocycles. The molecule has 2 heteroatoms. The standard InChI is InChI=1S/C15H26O2/c1-14(2,3)15(16)11-6-9-5-10(8-11)13(17-4)12(15)7-9/h9-13,16H,5-8H2,1-4H3/t9-,10+,11-,12+,13-,15-/m0/s1. The van der Waals surface area contributed by atoms with Crippen molar-refractivity contribution in [2.75, 3.05) is 7.11 Å². The smallest absolute Gasteiger partial charge is 0.0776 e. The lowest BCUT2D eigenvalue weighted by Gasteiger charge is -2.65. The first-order valence-electron chi connectivity index (χ1n) is 7.13. The Bertz CT molecular complexity index is 319. The highest BCUT2D eigenvalue weighted by Gasteiger charge is 2.64. The lowest BCUT2D eigenvalue weighted by Crippen LogP contribution is -2.68. The Morgan fingerprint density at radius 3 is 2.41 bits per heavy atom. The van der Waals surface area contributed by atoms with Crippen molar-refractivity contribution in [3.05, 3.63) is 0 Å². The van der Waals surface area contributed by atoms with Crippen molar-refractivity contribution in [3.63, 3.8) is 0 Å². The van der Waals surface area contributed by atoms with Crippen LogP contribution in [0.2, 0.25) is 0 Å². The molecule has 2 nitrogen and oxygen atoms in total. The van der Waals surface area contributed by atoms with Crippen molar-refractivity contribution in [1.29, 1.82) is 0 Å². The largest absolute Gasteiger partial charge is 0.389 e. The fourth-order valence-corrected chi connectivity index (χ4v) is 5.38. The normalized spacial score (nSPS) is 53.1. The Kier molecular flexibility index (Phi) is 2.45. The summed E-state index contributed by atoms with van der Waals surface area (Å²) in [5, 5.41) is 11.3. The molecule has 98 valence electrons. The van der Waals surface area contributed by atoms with Gasteiger partial charge in [-0.25, -0.2) is 0 Å². The van der Waals surface area contributed by atoms with Gasteiger partial charge in [0, 0.05) is 13.0 Å². The van der Waals surface area contributed by atoms with E-state index in [0.29, 0.717) is 23.9 Å². The van der Waals surface area contributed by atoms with E-state index in [4.69, 9.17) is 4.74 Å². The molecule has 17 heavy (non-hydrogen) atoms. The Morgan fingerprint density at radius 2 is 1.82 bits per heavy atom. The van der Waals surface area contributed by atoms with E-state index < -0.39 is 5.60 Å². The maximum atomic E-state index is 11.3. The van der Waals surface area contributed by atoms with E-state index in [1.807, 2.05) is 7.11 Å². The van der Waals surface area contributed by atoms with Gasteiger partial charge in [-0.15, -0.1) is 0 Å². The van der Waals surface area contributed by atoms with Crippen LogP contribution in [0.1, 0.15) is 46.5 Å². The maximum Gasteiger partial charge on any atom is 0.0776 e. The van der Waals surface area contributed by atoms with Gasteiger partial charge in [0.25, 0.3) is 0 Å². The quantitative estimate of drug-likeness (QED) is 0.761. The van der Waals surface area contributed by atoms with Crippen LogP contribution in [0.4, 0.5) is 0 Å². The van der Waals surface area contributed by atoms with E-state index >= 15 is 0 Å². The third-order valence-electron chi connectivity index (χ3n) is 5.95. The van der Waals surface area contributed by atoms with Crippen LogP contribution in [-0.4, -0.2) is 23.9 Å². The van der Waals surface area contributed by atoms with Gasteiger partial charge >= 0.3 is 0 Å². The van der Waals surface area contributed by atoms with Gasteiger partial charge < -0.3 is 9.84 Å². The summed E-state index contributed by atoms with van der Waals surface area (Å²) in [6.07, 6.45) is 5.24. The average Bonchev–Trinajstić information content (AvgIpc) is 2.23. The van der Waals surface area contributed by atoms with Gasteiger partial charge in [0.15, 0.2) is 0 Å². The minimum Gasteiger partial charge on any atom is -0.389 e. The molecular weight excluding hydrogens is 212 g/mol. The second kappa shape index (κ2) is 3.48. The molecule has 0 saturated heterocycles. The molecule has 4 saturated carbocycles. The minimum atomic E-state index is -0.513. The Balaban J connectivity index is 2.01. The van der Waals surface area contributed by atoms with Gasteiger partial charge in [-0.2, -0.15) is 0 Å². The summed E-state index contributed by atoms with van der Waals surface area (Å²) in [5.41, 5.74) is -0.548. The molecule has 0 spiro atoms. The monoisotopic (exact) mass is 238 g/mol. The topological polar surface area (TPSA) is 29.5 Å². The Hall–Kier alpha value is -0.0800. The number of hydrogen-bond acceptors (Lipinski definition) is 2. The van der Waals surface area contributed by atoms with Gasteiger partial charge in [-0.1, -0.05) is 20.8 Å². The SMILES string of the molecule is CO[C@H]1[C@@H]2C[C@H]3C[C@@H](C2)[C@@](O)(C(C)(C)C)[C@@H]1C3. The van der Waals surface area contributed by atoms with E-state index in [2.05, 4.69) is 20.8 Å². The predicted molar refractivity (Wildman–Crippen MR) is 67.6 cm³/mol. The highest BCUT2D eigenvalue weighted by Crippen LogP contribution is 2.63. The molecule has 4 fully saturated rings. The maximum absolute atomic E-state index is 11.3. The van der Waals surface area contributed by atoms with E-state index in [0.717, 1.165) is 5.92 Å². The fourth-order valence-electron chi connectivity index (χ4n) is 5.38. The third-order valence-corrected chi connectivity index (χ3v) is 5.95. The van der Waals surface area contributed by atoms with Crippen molar-refractivity contribution in [2.24, 2.45) is 29.1 Å². The highest BCUT2D eigenvalue weighted by atomic mass is 16.5. The van der Waals surface area contributed by atoms with E-state index in [-0.39, 0.29) is 5.41 Å². The van der Waals surface area contributed by atoms with Crippen LogP contribution in [-0.2, 0) is 4.74 Å². The second-order valence-corrected chi connectivity index (χ2v) is 7.65. The lowest BCUT2D eigenvalue weighted by molar-refractivity contribution is -0.264. The first kappa shape index (κ1) is 12.0. The van der Waals surface area contributed by atoms with Crippen LogP contribution in [0, 0.1) is 29.1 Å². The number of aliphatic hydroxyl groups is 1. The average molecular weight is 238 g/mol. The summed E-state index contributed by atoms with van der Waals surface area (Å²) in [6.45, 7) is 6.59. The van der Waals surface area contributed by atoms with Crippen molar-refractivity contribution >= 4 is 0 Å². The third kappa shape index (κ3) is 1.40. The van der Waals surface area contributed by atoms with Gasteiger partial charge in [0.2, 0.25) is 0 Å². The molecule has 0 amide bonds. The molecule has 0 heterocycles. The molecule has 1 N–H and O–H groups in total. The molecule has 0 aromatic heterocycles. The van der Waals surface area contributed by atoms with E-state index in [1.54, 1.807) is 0 Å². The zero-order chi connectivity index (χ0) is 12.4. The molecule has 4 rings (SSSR count). The number of methoxy groups -OCH3 is 1. The molecule has 6 atom stereocenters. The molecular formula is C15H26O2. The molecule has 4 aliphatic carbocycles. The molecule has 4 bridgehead atoms. The van der Waals surface area contributed by atoms with Crippen LogP contribution in [0.25, 0.3) is 0 Å². The summed E-state index contributed by atoms with van der Waals surface area (Å²) in [4.78, 5) is 0.